The van der Waals surface area contributed by atoms with Crippen molar-refractivity contribution < 1.29 is 8.42 Å². The molecule has 86 valence electrons. The molecular formula is C12H15NO2S. The van der Waals surface area contributed by atoms with Gasteiger partial charge in [-0.2, -0.15) is 0 Å². The van der Waals surface area contributed by atoms with Crippen molar-refractivity contribution >= 4 is 15.5 Å². The van der Waals surface area contributed by atoms with Gasteiger partial charge in [-0.1, -0.05) is 17.7 Å². The number of aryl methyl sites for hydroxylation is 1. The van der Waals surface area contributed by atoms with Crippen LogP contribution in [0.5, 0.6) is 0 Å². The molecule has 2 atom stereocenters. The first-order valence-electron chi connectivity index (χ1n) is 5.24. The highest BCUT2D eigenvalue weighted by atomic mass is 32.2. The van der Waals surface area contributed by atoms with Crippen molar-refractivity contribution in [3.05, 3.63) is 41.3 Å². The second-order valence-electron chi connectivity index (χ2n) is 4.16. The van der Waals surface area contributed by atoms with Gasteiger partial charge in [0.25, 0.3) is 0 Å². The third kappa shape index (κ3) is 2.11. The number of hydrogen-bond acceptors (Lipinski definition) is 3. The zero-order chi connectivity index (χ0) is 11.8. The minimum absolute atomic E-state index is 0.132. The van der Waals surface area contributed by atoms with Gasteiger partial charge in [0.2, 0.25) is 0 Å². The molecule has 4 heteroatoms. The van der Waals surface area contributed by atoms with Gasteiger partial charge in [0.05, 0.1) is 11.3 Å². The van der Waals surface area contributed by atoms with Crippen LogP contribution in [0.1, 0.15) is 12.5 Å². The minimum Gasteiger partial charge on any atom is -0.377 e. The molecule has 2 rings (SSSR count). The summed E-state index contributed by atoms with van der Waals surface area (Å²) >= 11 is 0. The molecule has 3 nitrogen and oxygen atoms in total. The van der Waals surface area contributed by atoms with Crippen LogP contribution in [0.4, 0.5) is 5.69 Å². The van der Waals surface area contributed by atoms with E-state index in [1.807, 2.05) is 31.2 Å². The predicted molar refractivity (Wildman–Crippen MR) is 66.1 cm³/mol. The van der Waals surface area contributed by atoms with Gasteiger partial charge in [0, 0.05) is 11.1 Å². The SMILES string of the molecule is Cc1ccc(N[C@@H]2C=CS(=O)(=O)[C@@H]2C)cc1. The number of hydrogen-bond donors (Lipinski definition) is 1. The summed E-state index contributed by atoms with van der Waals surface area (Å²) < 4.78 is 23.0. The lowest BCUT2D eigenvalue weighted by molar-refractivity contribution is 0.593. The van der Waals surface area contributed by atoms with Crippen LogP contribution in [0.25, 0.3) is 0 Å². The highest BCUT2D eigenvalue weighted by Gasteiger charge is 2.31. The van der Waals surface area contributed by atoms with Crippen LogP contribution < -0.4 is 5.32 Å². The van der Waals surface area contributed by atoms with Gasteiger partial charge in [-0.25, -0.2) is 8.42 Å². The zero-order valence-corrected chi connectivity index (χ0v) is 10.2. The number of sulfone groups is 1. The number of benzene rings is 1. The average Bonchev–Trinajstić information content (AvgIpc) is 2.49. The fourth-order valence-electron chi connectivity index (χ4n) is 1.69. The van der Waals surface area contributed by atoms with E-state index in [2.05, 4.69) is 5.32 Å². The molecule has 0 radical (unpaired) electrons. The molecule has 1 aromatic rings. The first-order chi connectivity index (χ1) is 7.49. The molecule has 0 fully saturated rings. The molecular weight excluding hydrogens is 222 g/mol. The van der Waals surface area contributed by atoms with Crippen molar-refractivity contribution in [1.82, 2.24) is 0 Å². The highest BCUT2D eigenvalue weighted by Crippen LogP contribution is 2.21. The van der Waals surface area contributed by atoms with Crippen LogP contribution >= 0.6 is 0 Å². The average molecular weight is 237 g/mol. The molecule has 0 aliphatic carbocycles. The second-order valence-corrected chi connectivity index (χ2v) is 6.35. The Morgan fingerprint density at radius 2 is 1.81 bits per heavy atom. The van der Waals surface area contributed by atoms with Gasteiger partial charge in [-0.3, -0.25) is 0 Å². The van der Waals surface area contributed by atoms with E-state index < -0.39 is 15.1 Å². The van der Waals surface area contributed by atoms with E-state index in [1.165, 1.54) is 11.0 Å². The molecule has 1 N–H and O–H groups in total. The molecule has 16 heavy (non-hydrogen) atoms. The molecule has 0 spiro atoms. The van der Waals surface area contributed by atoms with E-state index in [1.54, 1.807) is 13.0 Å². The molecule has 1 aromatic carbocycles. The molecule has 1 heterocycles. The summed E-state index contributed by atoms with van der Waals surface area (Å²) in [5, 5.41) is 4.11. The van der Waals surface area contributed by atoms with Crippen molar-refractivity contribution in [1.29, 1.82) is 0 Å². The summed E-state index contributed by atoms with van der Waals surface area (Å²) in [5.74, 6) is 0. The Kier molecular flexibility index (Phi) is 2.76. The van der Waals surface area contributed by atoms with E-state index in [0.717, 1.165) is 5.69 Å². The monoisotopic (exact) mass is 237 g/mol. The van der Waals surface area contributed by atoms with Crippen LogP contribution in [-0.4, -0.2) is 19.7 Å². The molecule has 0 saturated carbocycles. The topological polar surface area (TPSA) is 46.2 Å². The van der Waals surface area contributed by atoms with E-state index in [0.29, 0.717) is 0 Å². The summed E-state index contributed by atoms with van der Waals surface area (Å²) in [4.78, 5) is 0. The number of anilines is 1. The zero-order valence-electron chi connectivity index (χ0n) is 9.34. The van der Waals surface area contributed by atoms with Crippen LogP contribution in [0.2, 0.25) is 0 Å². The third-order valence-electron chi connectivity index (χ3n) is 2.88. The predicted octanol–water partition coefficient (Wildman–Crippen LogP) is 2.11. The van der Waals surface area contributed by atoms with Crippen LogP contribution in [-0.2, 0) is 9.84 Å². The first kappa shape index (κ1) is 11.2. The molecule has 0 unspecified atom stereocenters. The van der Waals surface area contributed by atoms with E-state index in [9.17, 15) is 8.42 Å². The normalized spacial score (nSPS) is 26.9. The van der Waals surface area contributed by atoms with Gasteiger partial charge in [-0.05, 0) is 32.1 Å². The van der Waals surface area contributed by atoms with Crippen molar-refractivity contribution in [2.24, 2.45) is 0 Å². The fourth-order valence-corrected chi connectivity index (χ4v) is 2.89. The van der Waals surface area contributed by atoms with Gasteiger partial charge in [-0.15, -0.1) is 0 Å². The molecule has 0 saturated heterocycles. The van der Waals surface area contributed by atoms with Crippen molar-refractivity contribution in [2.45, 2.75) is 25.1 Å². The summed E-state index contributed by atoms with van der Waals surface area (Å²) in [6, 6.07) is 7.79. The van der Waals surface area contributed by atoms with Gasteiger partial charge in [0.15, 0.2) is 9.84 Å². The number of rotatable bonds is 2. The smallest absolute Gasteiger partial charge is 0.176 e. The molecule has 0 amide bonds. The molecule has 1 aliphatic rings. The van der Waals surface area contributed by atoms with E-state index in [4.69, 9.17) is 0 Å². The lowest BCUT2D eigenvalue weighted by atomic mass is 10.2. The first-order valence-corrected chi connectivity index (χ1v) is 6.85. The maximum Gasteiger partial charge on any atom is 0.176 e. The van der Waals surface area contributed by atoms with E-state index in [-0.39, 0.29) is 6.04 Å². The van der Waals surface area contributed by atoms with Crippen molar-refractivity contribution in [3.63, 3.8) is 0 Å². The summed E-state index contributed by atoms with van der Waals surface area (Å²) in [6.45, 7) is 3.74. The highest BCUT2D eigenvalue weighted by molar-refractivity contribution is 7.95. The molecule has 0 bridgehead atoms. The maximum absolute atomic E-state index is 11.5. The Balaban J connectivity index is 2.13. The fraction of sp³-hybridized carbons (Fsp3) is 0.333. The minimum atomic E-state index is -3.05. The Labute approximate surface area is 96.1 Å². The summed E-state index contributed by atoms with van der Waals surface area (Å²) in [7, 11) is -3.05. The summed E-state index contributed by atoms with van der Waals surface area (Å²) in [6.07, 6.45) is 1.71. The van der Waals surface area contributed by atoms with Gasteiger partial charge < -0.3 is 5.32 Å². The largest absolute Gasteiger partial charge is 0.377 e. The molecule has 1 aliphatic heterocycles. The lowest BCUT2D eigenvalue weighted by Crippen LogP contribution is -2.30. The van der Waals surface area contributed by atoms with Crippen molar-refractivity contribution in [3.8, 4) is 0 Å². The lowest BCUT2D eigenvalue weighted by Gasteiger charge is -2.17. The maximum atomic E-state index is 11.5. The third-order valence-corrected chi connectivity index (χ3v) is 4.75. The molecule has 0 aromatic heterocycles. The summed E-state index contributed by atoms with van der Waals surface area (Å²) in [5.41, 5.74) is 2.14. The van der Waals surface area contributed by atoms with Gasteiger partial charge >= 0.3 is 0 Å². The Hall–Kier alpha value is -1.29. The number of nitrogens with one attached hydrogen (secondary N) is 1. The van der Waals surface area contributed by atoms with Crippen molar-refractivity contribution in [2.75, 3.05) is 5.32 Å². The second kappa shape index (κ2) is 3.94. The Bertz CT molecular complexity index is 502. The Morgan fingerprint density at radius 3 is 2.31 bits per heavy atom. The van der Waals surface area contributed by atoms with Gasteiger partial charge in [0.1, 0.15) is 0 Å². The quantitative estimate of drug-likeness (QED) is 0.857. The van der Waals surface area contributed by atoms with E-state index >= 15 is 0 Å². The van der Waals surface area contributed by atoms with Crippen LogP contribution in [0.3, 0.4) is 0 Å². The van der Waals surface area contributed by atoms with Crippen LogP contribution in [0, 0.1) is 6.92 Å². The standard InChI is InChI=1S/C12H15NO2S/c1-9-3-5-11(6-4-9)13-12-7-8-16(14,15)10(12)2/h3-8,10,12-13H,1-2H3/t10-,12-/m1/s1. The van der Waals surface area contributed by atoms with Crippen LogP contribution in [0.15, 0.2) is 35.7 Å². The Morgan fingerprint density at radius 1 is 1.19 bits per heavy atom.